The Morgan fingerprint density at radius 2 is 1.68 bits per heavy atom. The van der Waals surface area contributed by atoms with Gasteiger partial charge in [-0.1, -0.05) is 6.07 Å². The van der Waals surface area contributed by atoms with Crippen LogP contribution in [0.3, 0.4) is 0 Å². The normalized spacial score (nSPS) is 13.9. The molecule has 0 amide bonds. The van der Waals surface area contributed by atoms with E-state index < -0.39 is 42.2 Å². The van der Waals surface area contributed by atoms with Crippen molar-refractivity contribution in [1.82, 2.24) is 0 Å². The molecule has 1 aliphatic rings. The lowest BCUT2D eigenvalue weighted by Gasteiger charge is -2.19. The lowest BCUT2D eigenvalue weighted by molar-refractivity contribution is 0.479. The van der Waals surface area contributed by atoms with Gasteiger partial charge in [-0.05, 0) is 85.7 Å². The monoisotopic (exact) mass is 663 g/mol. The van der Waals surface area contributed by atoms with Crippen LogP contribution in [0, 0.1) is 15.2 Å². The average Bonchev–Trinajstić information content (AvgIpc) is 3.64. The molecule has 4 rings (SSSR count). The van der Waals surface area contributed by atoms with Crippen LogP contribution in [0.4, 0.5) is 31.5 Å². The predicted octanol–water partition coefficient (Wildman–Crippen LogP) is 6.16. The van der Waals surface area contributed by atoms with Gasteiger partial charge in [-0.3, -0.25) is 9.44 Å². The van der Waals surface area contributed by atoms with E-state index in [2.05, 4.69) is 14.8 Å². The number of halogens is 3. The summed E-state index contributed by atoms with van der Waals surface area (Å²) >= 11 is 1.95. The van der Waals surface area contributed by atoms with Gasteiger partial charge in [0, 0.05) is 15.7 Å². The number of nitrogens with one attached hydrogen (secondary N) is 3. The smallest absolute Gasteiger partial charge is 0.235 e. The van der Waals surface area contributed by atoms with Crippen molar-refractivity contribution in [3.8, 4) is 11.5 Å². The molecule has 1 fully saturated rings. The van der Waals surface area contributed by atoms with Crippen LogP contribution in [0.25, 0.3) is 0 Å². The van der Waals surface area contributed by atoms with Crippen LogP contribution < -0.4 is 19.5 Å². The molecule has 0 aliphatic heterocycles. The molecule has 0 spiro atoms. The lowest BCUT2D eigenvalue weighted by Crippen LogP contribution is -2.22. The molecule has 0 aromatic heterocycles. The Morgan fingerprint density at radius 1 is 0.946 bits per heavy atom. The van der Waals surface area contributed by atoms with Crippen LogP contribution >= 0.6 is 22.6 Å². The molecule has 0 saturated heterocycles. The molecule has 0 radical (unpaired) electrons. The van der Waals surface area contributed by atoms with E-state index in [0.29, 0.717) is 16.4 Å². The van der Waals surface area contributed by atoms with Crippen molar-refractivity contribution >= 4 is 65.4 Å². The highest BCUT2D eigenvalue weighted by Crippen LogP contribution is 2.41. The van der Waals surface area contributed by atoms with E-state index in [9.17, 15) is 25.6 Å². The molecule has 0 unspecified atom stereocenters. The first kappa shape index (κ1) is 27.4. The van der Waals surface area contributed by atoms with Crippen molar-refractivity contribution < 1.29 is 30.4 Å². The van der Waals surface area contributed by atoms with Crippen molar-refractivity contribution in [2.45, 2.75) is 37.2 Å². The van der Waals surface area contributed by atoms with Gasteiger partial charge < -0.3 is 10.1 Å². The highest BCUT2D eigenvalue weighted by molar-refractivity contribution is 14.1. The minimum atomic E-state index is -3.82. The Kier molecular flexibility index (Phi) is 7.85. The minimum absolute atomic E-state index is 0.00826. The second kappa shape index (κ2) is 10.6. The molecule has 1 aliphatic carbocycles. The van der Waals surface area contributed by atoms with Gasteiger partial charge in [0.2, 0.25) is 20.0 Å². The Balaban J connectivity index is 1.74. The zero-order valence-corrected chi connectivity index (χ0v) is 23.5. The van der Waals surface area contributed by atoms with E-state index in [1.165, 1.54) is 50.2 Å². The van der Waals surface area contributed by atoms with Crippen LogP contribution in [0.1, 0.15) is 26.7 Å². The molecule has 0 atom stereocenters. The molecule has 3 aromatic carbocycles. The Hall–Kier alpha value is -2.65. The third kappa shape index (κ3) is 6.82. The van der Waals surface area contributed by atoms with Gasteiger partial charge in [-0.15, -0.1) is 0 Å². The number of benzene rings is 3. The summed E-state index contributed by atoms with van der Waals surface area (Å²) in [6.45, 7) is 3.05. The summed E-state index contributed by atoms with van der Waals surface area (Å²) in [4.78, 5) is 0. The van der Waals surface area contributed by atoms with Gasteiger partial charge in [-0.25, -0.2) is 25.6 Å². The summed E-state index contributed by atoms with van der Waals surface area (Å²) < 4.78 is 90.7. The summed E-state index contributed by atoms with van der Waals surface area (Å²) in [5, 5.41) is 1.48. The fraction of sp³-hybridized carbons (Fsp3) is 0.250. The minimum Gasteiger partial charge on any atom is -0.455 e. The van der Waals surface area contributed by atoms with Gasteiger partial charge in [0.25, 0.3) is 0 Å². The van der Waals surface area contributed by atoms with Gasteiger partial charge in [-0.2, -0.15) is 0 Å². The maximum Gasteiger partial charge on any atom is 0.235 e. The number of anilines is 4. The molecule has 3 N–H and O–H groups in total. The number of ether oxygens (including phenoxy) is 1. The van der Waals surface area contributed by atoms with Gasteiger partial charge >= 0.3 is 0 Å². The van der Waals surface area contributed by atoms with E-state index >= 15 is 0 Å². The molecule has 0 heterocycles. The fourth-order valence-corrected chi connectivity index (χ4v) is 5.80. The number of rotatable bonds is 10. The Labute approximate surface area is 228 Å². The van der Waals surface area contributed by atoms with Crippen LogP contribution in [0.2, 0.25) is 0 Å². The molecule has 198 valence electrons. The van der Waals surface area contributed by atoms with E-state index in [4.69, 9.17) is 4.74 Å². The molecule has 37 heavy (non-hydrogen) atoms. The zero-order chi connectivity index (χ0) is 27.0. The Bertz CT molecular complexity index is 1550. The van der Waals surface area contributed by atoms with E-state index in [1.54, 1.807) is 6.07 Å². The highest BCUT2D eigenvalue weighted by Gasteiger charge is 2.37. The topological polar surface area (TPSA) is 114 Å². The van der Waals surface area contributed by atoms with Crippen molar-refractivity contribution in [2.75, 3.05) is 14.8 Å². The Morgan fingerprint density at radius 3 is 2.32 bits per heavy atom. The highest BCUT2D eigenvalue weighted by atomic mass is 127. The van der Waals surface area contributed by atoms with Crippen molar-refractivity contribution in [2.24, 2.45) is 0 Å². The maximum atomic E-state index is 14.7. The SMILES string of the molecule is CC(C)S(=O)(=O)Nc1cccc(Oc2cc(F)cc(Nc3ccc(I)cc3F)c2NS(=O)(=O)C2CC2)c1. The van der Waals surface area contributed by atoms with Gasteiger partial charge in [0.1, 0.15) is 23.1 Å². The van der Waals surface area contributed by atoms with E-state index in [-0.39, 0.29) is 34.2 Å². The summed E-state index contributed by atoms with van der Waals surface area (Å²) in [6.07, 6.45) is 0.971. The summed E-state index contributed by atoms with van der Waals surface area (Å²) in [5.74, 6) is -1.46. The van der Waals surface area contributed by atoms with E-state index in [1.807, 2.05) is 22.6 Å². The first-order chi connectivity index (χ1) is 17.3. The summed E-state index contributed by atoms with van der Waals surface area (Å²) in [6, 6.07) is 12.3. The molecule has 0 bridgehead atoms. The summed E-state index contributed by atoms with van der Waals surface area (Å²) in [5.41, 5.74) is 0.0476. The van der Waals surface area contributed by atoms with Crippen LogP contribution in [0.15, 0.2) is 54.6 Å². The van der Waals surface area contributed by atoms with E-state index in [0.717, 1.165) is 12.1 Å². The average molecular weight is 664 g/mol. The maximum absolute atomic E-state index is 14.7. The first-order valence-electron chi connectivity index (χ1n) is 11.2. The molecule has 3 aromatic rings. The van der Waals surface area contributed by atoms with Crippen molar-refractivity contribution in [1.29, 1.82) is 0 Å². The molecular weight excluding hydrogens is 639 g/mol. The largest absolute Gasteiger partial charge is 0.455 e. The van der Waals surface area contributed by atoms with Crippen LogP contribution in [-0.4, -0.2) is 27.3 Å². The predicted molar refractivity (Wildman–Crippen MR) is 149 cm³/mol. The molecule has 1 saturated carbocycles. The molecular formula is C24H24F2IN3O5S2. The van der Waals surface area contributed by atoms with Crippen molar-refractivity contribution in [3.05, 3.63) is 69.8 Å². The number of sulfonamides is 2. The summed E-state index contributed by atoms with van der Waals surface area (Å²) in [7, 11) is -7.45. The van der Waals surface area contributed by atoms with Gasteiger partial charge in [0.15, 0.2) is 5.75 Å². The van der Waals surface area contributed by atoms with Crippen molar-refractivity contribution in [3.63, 3.8) is 0 Å². The zero-order valence-electron chi connectivity index (χ0n) is 19.8. The third-order valence-electron chi connectivity index (χ3n) is 5.42. The quantitative estimate of drug-likeness (QED) is 0.224. The standard InChI is InChI=1S/C24H24F2IN3O5S2/c1-14(2)36(31,32)29-17-4-3-5-18(13-17)35-23-11-15(25)10-22(24(23)30-37(33,34)19-7-8-19)28-21-9-6-16(27)12-20(21)26/h3-6,9-14,19,28-30H,7-8H2,1-2H3. The number of hydrogen-bond acceptors (Lipinski definition) is 6. The number of hydrogen-bond donors (Lipinski definition) is 3. The fourth-order valence-electron chi connectivity index (χ4n) is 3.24. The van der Waals surface area contributed by atoms with Gasteiger partial charge in [0.05, 0.1) is 27.6 Å². The second-order valence-electron chi connectivity index (χ2n) is 8.75. The molecule has 13 heteroatoms. The lowest BCUT2D eigenvalue weighted by atomic mass is 10.2. The second-order valence-corrected chi connectivity index (χ2v) is 14.2. The van der Waals surface area contributed by atoms with Crippen LogP contribution in [-0.2, 0) is 20.0 Å². The third-order valence-corrected chi connectivity index (χ3v) is 9.69. The molecule has 8 nitrogen and oxygen atoms in total. The van der Waals surface area contributed by atoms with Crippen LogP contribution in [0.5, 0.6) is 11.5 Å². The first-order valence-corrected chi connectivity index (χ1v) is 15.4.